The SMILES string of the molecule is Cc1cc(CCc2ccc(Cn3cccn3)cc2)ncn1.O=c1cc(CCc2ccc(Cn3cccn3)cc2)[nH+]c[nH]1. The fourth-order valence-corrected chi connectivity index (χ4v) is 4.57. The van der Waals surface area contributed by atoms with Crippen molar-refractivity contribution in [2.75, 3.05) is 0 Å². The molecule has 9 heteroatoms. The van der Waals surface area contributed by atoms with E-state index in [9.17, 15) is 4.79 Å². The molecule has 9 nitrogen and oxygen atoms in total. The van der Waals surface area contributed by atoms with Gasteiger partial charge in [-0.15, -0.1) is 0 Å². The topological polar surface area (TPSA) is 108 Å². The van der Waals surface area contributed by atoms with Gasteiger partial charge in [0.15, 0.2) is 0 Å². The van der Waals surface area contributed by atoms with E-state index in [2.05, 4.69) is 78.7 Å². The summed E-state index contributed by atoms with van der Waals surface area (Å²) in [7, 11) is 0. The Morgan fingerprint density at radius 1 is 0.714 bits per heavy atom. The summed E-state index contributed by atoms with van der Waals surface area (Å²) in [6, 6.07) is 24.7. The summed E-state index contributed by atoms with van der Waals surface area (Å²) in [6.07, 6.45) is 14.4. The van der Waals surface area contributed by atoms with Crippen LogP contribution < -0.4 is 10.5 Å². The molecule has 2 N–H and O–H groups in total. The molecule has 0 fully saturated rings. The molecule has 0 saturated heterocycles. The molecular weight excluding hydrogens is 524 g/mol. The fraction of sp³-hybridized carbons (Fsp3) is 0.212. The molecule has 0 radical (unpaired) electrons. The Labute approximate surface area is 245 Å². The zero-order valence-electron chi connectivity index (χ0n) is 23.7. The zero-order chi connectivity index (χ0) is 29.0. The molecule has 0 aliphatic rings. The molecule has 0 aliphatic heterocycles. The summed E-state index contributed by atoms with van der Waals surface area (Å²) in [6.45, 7) is 3.60. The first kappa shape index (κ1) is 28.4. The number of nitrogens with zero attached hydrogens (tertiary/aromatic N) is 6. The summed E-state index contributed by atoms with van der Waals surface area (Å²) < 4.78 is 3.83. The number of aromatic amines is 2. The third-order valence-electron chi connectivity index (χ3n) is 6.84. The van der Waals surface area contributed by atoms with Crippen molar-refractivity contribution >= 4 is 0 Å². The highest BCUT2D eigenvalue weighted by Gasteiger charge is 2.03. The van der Waals surface area contributed by atoms with E-state index < -0.39 is 0 Å². The van der Waals surface area contributed by atoms with E-state index in [0.717, 1.165) is 55.9 Å². The molecule has 0 saturated carbocycles. The summed E-state index contributed by atoms with van der Waals surface area (Å²) >= 11 is 0. The van der Waals surface area contributed by atoms with Gasteiger partial charge < -0.3 is 0 Å². The lowest BCUT2D eigenvalue weighted by atomic mass is 10.1. The predicted octanol–water partition coefficient (Wildman–Crippen LogP) is 4.03. The van der Waals surface area contributed by atoms with Gasteiger partial charge in [0.1, 0.15) is 12.0 Å². The number of nitrogens with one attached hydrogen (secondary N) is 2. The van der Waals surface area contributed by atoms with Gasteiger partial charge in [0.25, 0.3) is 0 Å². The standard InChI is InChI=1S/C17H18N4.C16H16N4O/c1-14-11-17(19-13-18-14)8-7-15-3-5-16(6-4-15)12-21-10-2-9-20-21;21-16-10-15(17-12-18-16)7-6-13-2-4-14(5-3-13)11-20-9-1-8-19-20/h2-6,9-11,13H,7-8,12H2,1H3;1-5,8-10,12H,6-7,11H2,(H,17,18,21)/p+1. The average molecular weight is 560 g/mol. The summed E-state index contributed by atoms with van der Waals surface area (Å²) in [5.41, 5.74) is 8.07. The Balaban J connectivity index is 0.000000168. The fourth-order valence-electron chi connectivity index (χ4n) is 4.57. The lowest BCUT2D eigenvalue weighted by molar-refractivity contribution is -0.395. The van der Waals surface area contributed by atoms with Crippen molar-refractivity contribution in [3.05, 3.63) is 160 Å². The summed E-state index contributed by atoms with van der Waals surface area (Å²) in [5, 5.41) is 8.42. The minimum atomic E-state index is -0.0710. The van der Waals surface area contributed by atoms with E-state index in [-0.39, 0.29) is 5.56 Å². The van der Waals surface area contributed by atoms with Crippen molar-refractivity contribution < 1.29 is 4.98 Å². The van der Waals surface area contributed by atoms with Gasteiger partial charge in [0, 0.05) is 42.6 Å². The minimum absolute atomic E-state index is 0.0710. The molecule has 4 heterocycles. The average Bonchev–Trinajstić information content (AvgIpc) is 3.72. The Morgan fingerprint density at radius 3 is 1.81 bits per heavy atom. The second-order valence-corrected chi connectivity index (χ2v) is 10.2. The zero-order valence-corrected chi connectivity index (χ0v) is 23.7. The molecule has 4 aromatic heterocycles. The Kier molecular flexibility index (Phi) is 9.76. The maximum absolute atomic E-state index is 11.2. The van der Waals surface area contributed by atoms with E-state index in [0.29, 0.717) is 0 Å². The highest BCUT2D eigenvalue weighted by atomic mass is 16.1. The maximum Gasteiger partial charge on any atom is 0.335 e. The molecule has 0 aliphatic carbocycles. The molecule has 212 valence electrons. The van der Waals surface area contributed by atoms with Gasteiger partial charge in [0.2, 0.25) is 6.33 Å². The number of hydrogen-bond donors (Lipinski definition) is 1. The largest absolute Gasteiger partial charge is 0.335 e. The van der Waals surface area contributed by atoms with Crippen molar-refractivity contribution in [3.8, 4) is 0 Å². The van der Waals surface area contributed by atoms with E-state index >= 15 is 0 Å². The van der Waals surface area contributed by atoms with Gasteiger partial charge in [-0.1, -0.05) is 48.5 Å². The molecular formula is C33H35N8O+. The van der Waals surface area contributed by atoms with Gasteiger partial charge in [0.05, 0.1) is 19.2 Å². The number of benzene rings is 2. The molecule has 0 spiro atoms. The Bertz CT molecular complexity index is 1690. The van der Waals surface area contributed by atoms with Gasteiger partial charge in [-0.2, -0.15) is 10.2 Å². The van der Waals surface area contributed by atoms with Crippen LogP contribution in [0.25, 0.3) is 0 Å². The quantitative estimate of drug-likeness (QED) is 0.273. The monoisotopic (exact) mass is 559 g/mol. The smallest absolute Gasteiger partial charge is 0.268 e. The molecule has 6 aromatic rings. The van der Waals surface area contributed by atoms with Gasteiger partial charge in [-0.05, 0) is 66.6 Å². The van der Waals surface area contributed by atoms with E-state index in [1.54, 1.807) is 31.1 Å². The van der Waals surface area contributed by atoms with Crippen molar-refractivity contribution in [1.82, 2.24) is 34.5 Å². The highest BCUT2D eigenvalue weighted by molar-refractivity contribution is 5.24. The second kappa shape index (κ2) is 14.5. The predicted molar refractivity (Wildman–Crippen MR) is 161 cm³/mol. The number of aryl methyl sites for hydroxylation is 5. The second-order valence-electron chi connectivity index (χ2n) is 10.2. The van der Waals surface area contributed by atoms with Crippen LogP contribution >= 0.6 is 0 Å². The first-order valence-corrected chi connectivity index (χ1v) is 14.1. The van der Waals surface area contributed by atoms with E-state index in [4.69, 9.17) is 0 Å². The first-order chi connectivity index (χ1) is 20.6. The lowest BCUT2D eigenvalue weighted by Crippen LogP contribution is -2.19. The Morgan fingerprint density at radius 2 is 1.29 bits per heavy atom. The van der Waals surface area contributed by atoms with Crippen molar-refractivity contribution in [2.24, 2.45) is 0 Å². The third-order valence-corrected chi connectivity index (χ3v) is 6.84. The van der Waals surface area contributed by atoms with Crippen LogP contribution in [0.1, 0.15) is 39.3 Å². The first-order valence-electron chi connectivity index (χ1n) is 14.1. The highest BCUT2D eigenvalue weighted by Crippen LogP contribution is 2.10. The number of hydrogen-bond acceptors (Lipinski definition) is 5. The molecule has 6 rings (SSSR count). The summed E-state index contributed by atoms with van der Waals surface area (Å²) in [5.74, 6) is 0. The number of H-pyrrole nitrogens is 2. The van der Waals surface area contributed by atoms with E-state index in [1.807, 2.05) is 46.9 Å². The number of rotatable bonds is 10. The summed E-state index contributed by atoms with van der Waals surface area (Å²) in [4.78, 5) is 25.3. The van der Waals surface area contributed by atoms with Gasteiger partial charge >= 0.3 is 5.56 Å². The molecule has 0 unspecified atom stereocenters. The lowest BCUT2D eigenvalue weighted by Gasteiger charge is -2.05. The van der Waals surface area contributed by atoms with Crippen LogP contribution in [0.4, 0.5) is 0 Å². The van der Waals surface area contributed by atoms with Gasteiger partial charge in [-0.3, -0.25) is 14.3 Å². The molecule has 0 atom stereocenters. The van der Waals surface area contributed by atoms with Crippen LogP contribution in [0.3, 0.4) is 0 Å². The van der Waals surface area contributed by atoms with Gasteiger partial charge in [-0.25, -0.2) is 19.7 Å². The normalized spacial score (nSPS) is 10.7. The molecule has 2 aromatic carbocycles. The minimum Gasteiger partial charge on any atom is -0.268 e. The van der Waals surface area contributed by atoms with Crippen molar-refractivity contribution in [2.45, 2.75) is 45.7 Å². The van der Waals surface area contributed by atoms with Crippen LogP contribution in [0.5, 0.6) is 0 Å². The van der Waals surface area contributed by atoms with E-state index in [1.165, 1.54) is 22.3 Å². The number of aromatic nitrogens is 8. The van der Waals surface area contributed by atoms with Crippen LogP contribution in [-0.2, 0) is 38.8 Å². The van der Waals surface area contributed by atoms with Crippen LogP contribution in [0.15, 0.2) is 115 Å². The maximum atomic E-state index is 11.2. The van der Waals surface area contributed by atoms with Crippen LogP contribution in [0.2, 0.25) is 0 Å². The van der Waals surface area contributed by atoms with Crippen molar-refractivity contribution in [1.29, 1.82) is 0 Å². The van der Waals surface area contributed by atoms with Crippen LogP contribution in [0, 0.1) is 6.92 Å². The Hall–Kier alpha value is -5.18. The van der Waals surface area contributed by atoms with Crippen molar-refractivity contribution in [3.63, 3.8) is 0 Å². The van der Waals surface area contributed by atoms with Crippen LogP contribution in [-0.4, -0.2) is 34.5 Å². The molecule has 0 amide bonds. The molecule has 42 heavy (non-hydrogen) atoms. The third kappa shape index (κ3) is 8.92. The molecule has 0 bridgehead atoms.